The molecule has 6 heteroatoms. The molecule has 0 heterocycles. The van der Waals surface area contributed by atoms with Crippen LogP contribution in [0, 0.1) is 0 Å². The van der Waals surface area contributed by atoms with Gasteiger partial charge in [0.15, 0.2) is 0 Å². The maximum Gasteiger partial charge on any atom is 0.421 e. The summed E-state index contributed by atoms with van der Waals surface area (Å²) in [7, 11) is 0. The predicted molar refractivity (Wildman–Crippen MR) is 50.1 cm³/mol. The fourth-order valence-corrected chi connectivity index (χ4v) is 0.308. The molecule has 0 aliphatic carbocycles. The summed E-state index contributed by atoms with van der Waals surface area (Å²) < 4.78 is 4.71. The second-order valence-electron chi connectivity index (χ2n) is 2.75. The van der Waals surface area contributed by atoms with Gasteiger partial charge in [-0.15, -0.1) is 23.2 Å². The maximum atomic E-state index is 10.4. The summed E-state index contributed by atoms with van der Waals surface area (Å²) in [6.07, 6.45) is -0.609. The highest BCUT2D eigenvalue weighted by Crippen LogP contribution is 2.05. The number of nitrogens with one attached hydrogen (secondary N) is 1. The van der Waals surface area contributed by atoms with Crippen molar-refractivity contribution in [3.05, 3.63) is 0 Å². The summed E-state index contributed by atoms with van der Waals surface area (Å²) in [5, 5.41) is 0.194. The number of nitrogens with two attached hydrogens (primary N) is 1. The average Bonchev–Trinajstić information content (AvgIpc) is 1.86. The van der Waals surface area contributed by atoms with E-state index in [9.17, 15) is 4.79 Å². The molecule has 4 nitrogen and oxygen atoms in total. The lowest BCUT2D eigenvalue weighted by molar-refractivity contribution is 0.0527. The van der Waals surface area contributed by atoms with Crippen LogP contribution in [0.5, 0.6) is 0 Å². The van der Waals surface area contributed by atoms with Crippen molar-refractivity contribution in [2.45, 2.75) is 26.4 Å². The standard InChI is InChI=1S/C5H12N2O2.CH2Cl2/c1-5(2,3)9-4(8)7-6;2-1-3/h6H2,1-3H3,(H,7,8);1H2. The number of hydrogen-bond donors (Lipinski definition) is 2. The third-order valence-electron chi connectivity index (χ3n) is 0.517. The van der Waals surface area contributed by atoms with Crippen LogP contribution >= 0.6 is 23.2 Å². The Bertz CT molecular complexity index is 125. The summed E-state index contributed by atoms with van der Waals surface area (Å²) >= 11 is 9.53. The van der Waals surface area contributed by atoms with Crippen molar-refractivity contribution in [2.24, 2.45) is 5.84 Å². The fraction of sp³-hybridized carbons (Fsp3) is 0.833. The molecular formula is C6H14Cl2N2O2. The quantitative estimate of drug-likeness (QED) is 0.281. The Morgan fingerprint density at radius 2 is 1.83 bits per heavy atom. The molecule has 0 aromatic rings. The van der Waals surface area contributed by atoms with Crippen LogP contribution in [0.1, 0.15) is 20.8 Å². The third kappa shape index (κ3) is 16.4. The van der Waals surface area contributed by atoms with Crippen LogP contribution < -0.4 is 11.3 Å². The summed E-state index contributed by atoms with van der Waals surface area (Å²) in [5.41, 5.74) is 1.39. The van der Waals surface area contributed by atoms with E-state index in [1.807, 2.05) is 5.43 Å². The Labute approximate surface area is 82.3 Å². The Morgan fingerprint density at radius 1 is 1.50 bits per heavy atom. The first-order chi connectivity index (χ1) is 5.37. The van der Waals surface area contributed by atoms with Gasteiger partial charge < -0.3 is 4.74 Å². The SMILES string of the molecule is CC(C)(C)OC(=O)NN.ClCCl. The molecule has 0 spiro atoms. The second-order valence-corrected chi connectivity index (χ2v) is 3.56. The number of rotatable bonds is 0. The monoisotopic (exact) mass is 216 g/mol. The smallest absolute Gasteiger partial charge is 0.421 e. The van der Waals surface area contributed by atoms with Gasteiger partial charge in [0.2, 0.25) is 0 Å². The number of halogens is 2. The molecule has 0 rings (SSSR count). The molecule has 74 valence electrons. The number of amides is 1. The molecule has 1 amide bonds. The fourth-order valence-electron chi connectivity index (χ4n) is 0.308. The van der Waals surface area contributed by atoms with Gasteiger partial charge in [-0.3, -0.25) is 5.43 Å². The van der Waals surface area contributed by atoms with Gasteiger partial charge in [0.05, 0.1) is 5.34 Å². The first kappa shape index (κ1) is 14.3. The minimum atomic E-state index is -0.609. The largest absolute Gasteiger partial charge is 0.443 e. The maximum absolute atomic E-state index is 10.4. The Morgan fingerprint density at radius 3 is 1.92 bits per heavy atom. The summed E-state index contributed by atoms with van der Waals surface area (Å²) in [4.78, 5) is 10.4. The first-order valence-electron chi connectivity index (χ1n) is 3.19. The lowest BCUT2D eigenvalue weighted by atomic mass is 10.2. The van der Waals surface area contributed by atoms with E-state index < -0.39 is 11.7 Å². The first-order valence-corrected chi connectivity index (χ1v) is 4.25. The van der Waals surface area contributed by atoms with Crippen LogP contribution in [0.4, 0.5) is 4.79 Å². The lowest BCUT2D eigenvalue weighted by Crippen LogP contribution is -2.36. The zero-order chi connectivity index (χ0) is 10.2. The van der Waals surface area contributed by atoms with Gasteiger partial charge in [0.25, 0.3) is 0 Å². The van der Waals surface area contributed by atoms with E-state index in [1.54, 1.807) is 20.8 Å². The Balaban J connectivity index is 0. The highest BCUT2D eigenvalue weighted by Gasteiger charge is 2.14. The minimum Gasteiger partial charge on any atom is -0.443 e. The zero-order valence-electron chi connectivity index (χ0n) is 7.36. The molecule has 0 aromatic heterocycles. The summed E-state index contributed by atoms with van der Waals surface area (Å²) in [5.74, 6) is 4.75. The van der Waals surface area contributed by atoms with Crippen LogP contribution in [0.25, 0.3) is 0 Å². The van der Waals surface area contributed by atoms with Gasteiger partial charge >= 0.3 is 6.09 Å². The molecule has 0 saturated heterocycles. The van der Waals surface area contributed by atoms with Crippen molar-refractivity contribution in [2.75, 3.05) is 5.34 Å². The highest BCUT2D eigenvalue weighted by molar-refractivity contribution is 6.40. The summed E-state index contributed by atoms with van der Waals surface area (Å²) in [6.45, 7) is 5.30. The summed E-state index contributed by atoms with van der Waals surface area (Å²) in [6, 6.07) is 0. The molecule has 0 unspecified atom stereocenters. The van der Waals surface area contributed by atoms with E-state index in [1.165, 1.54) is 0 Å². The Hall–Kier alpha value is -0.190. The number of carbonyl (C=O) groups is 1. The molecule has 0 saturated carbocycles. The molecule has 0 aromatic carbocycles. The van der Waals surface area contributed by atoms with Gasteiger partial charge in [-0.2, -0.15) is 0 Å². The van der Waals surface area contributed by atoms with Gasteiger partial charge in [-0.25, -0.2) is 10.6 Å². The topological polar surface area (TPSA) is 64.3 Å². The van der Waals surface area contributed by atoms with Crippen LogP contribution in [-0.4, -0.2) is 17.0 Å². The van der Waals surface area contributed by atoms with Gasteiger partial charge in [-0.05, 0) is 20.8 Å². The van der Waals surface area contributed by atoms with Crippen molar-refractivity contribution < 1.29 is 9.53 Å². The lowest BCUT2D eigenvalue weighted by Gasteiger charge is -2.18. The van der Waals surface area contributed by atoms with Crippen LogP contribution in [0.2, 0.25) is 0 Å². The zero-order valence-corrected chi connectivity index (χ0v) is 8.87. The molecule has 0 bridgehead atoms. The van der Waals surface area contributed by atoms with Crippen molar-refractivity contribution in [3.63, 3.8) is 0 Å². The van der Waals surface area contributed by atoms with E-state index >= 15 is 0 Å². The van der Waals surface area contributed by atoms with E-state index in [4.69, 9.17) is 33.8 Å². The van der Waals surface area contributed by atoms with Crippen LogP contribution in [-0.2, 0) is 4.74 Å². The molecule has 0 radical (unpaired) electrons. The Kier molecular flexibility index (Phi) is 8.91. The number of carbonyl (C=O) groups excluding carboxylic acids is 1. The minimum absolute atomic E-state index is 0.194. The molecule has 3 N–H and O–H groups in total. The van der Waals surface area contributed by atoms with E-state index in [-0.39, 0.29) is 5.34 Å². The second kappa shape index (κ2) is 7.46. The highest BCUT2D eigenvalue weighted by atomic mass is 35.5. The number of hydrogen-bond acceptors (Lipinski definition) is 3. The predicted octanol–water partition coefficient (Wildman–Crippen LogP) is 1.81. The molecular weight excluding hydrogens is 203 g/mol. The van der Waals surface area contributed by atoms with Gasteiger partial charge in [-0.1, -0.05) is 0 Å². The average molecular weight is 217 g/mol. The van der Waals surface area contributed by atoms with Crippen molar-refractivity contribution in [1.29, 1.82) is 0 Å². The molecule has 0 atom stereocenters. The van der Waals surface area contributed by atoms with Crippen molar-refractivity contribution in [1.82, 2.24) is 5.43 Å². The number of hydrazine groups is 1. The molecule has 0 aliphatic rings. The van der Waals surface area contributed by atoms with E-state index in [0.717, 1.165) is 0 Å². The number of alkyl halides is 2. The van der Waals surface area contributed by atoms with E-state index in [2.05, 4.69) is 0 Å². The molecule has 0 fully saturated rings. The van der Waals surface area contributed by atoms with Gasteiger partial charge in [0, 0.05) is 0 Å². The van der Waals surface area contributed by atoms with Gasteiger partial charge in [0.1, 0.15) is 5.60 Å². The van der Waals surface area contributed by atoms with Crippen LogP contribution in [0.3, 0.4) is 0 Å². The molecule has 0 aliphatic heterocycles. The normalized spacial score (nSPS) is 9.50. The molecule has 12 heavy (non-hydrogen) atoms. The van der Waals surface area contributed by atoms with Crippen molar-refractivity contribution in [3.8, 4) is 0 Å². The third-order valence-corrected chi connectivity index (χ3v) is 0.517. The van der Waals surface area contributed by atoms with E-state index in [0.29, 0.717) is 0 Å². The number of ether oxygens (including phenoxy) is 1. The van der Waals surface area contributed by atoms with Crippen molar-refractivity contribution >= 4 is 29.3 Å². The van der Waals surface area contributed by atoms with Crippen LogP contribution in [0.15, 0.2) is 0 Å².